The highest BCUT2D eigenvalue weighted by Crippen LogP contribution is 2.22. The number of piperidine rings is 1. The number of nitrogens with zero attached hydrogens (tertiary/aromatic N) is 3. The fraction of sp³-hybridized carbons (Fsp3) is 0.812. The van der Waals surface area contributed by atoms with Crippen molar-refractivity contribution in [3.05, 3.63) is 12.4 Å². The van der Waals surface area contributed by atoms with Gasteiger partial charge in [0.05, 0.1) is 24.5 Å². The maximum atomic E-state index is 5.67. The minimum atomic E-state index is 0.351. The minimum Gasteiger partial charge on any atom is -0.380 e. The number of likely N-dealkylation sites (tertiary alicyclic amines) is 1. The van der Waals surface area contributed by atoms with E-state index in [0.29, 0.717) is 12.1 Å². The quantitative estimate of drug-likeness (QED) is 0.903. The first-order chi connectivity index (χ1) is 10.2. The molecule has 0 bridgehead atoms. The summed E-state index contributed by atoms with van der Waals surface area (Å²) in [5, 5.41) is 8.08. The van der Waals surface area contributed by atoms with Gasteiger partial charge in [0.2, 0.25) is 0 Å². The second kappa shape index (κ2) is 6.79. The SMILES string of the molecule is CC(Nc1cnn(CC2CCCO2)c1)C1CCN(C)CC1. The van der Waals surface area contributed by atoms with E-state index in [-0.39, 0.29) is 0 Å². The number of hydrogen-bond donors (Lipinski definition) is 1. The fourth-order valence-corrected chi connectivity index (χ4v) is 3.44. The van der Waals surface area contributed by atoms with Gasteiger partial charge in [0.25, 0.3) is 0 Å². The van der Waals surface area contributed by atoms with Crippen LogP contribution in [0.4, 0.5) is 5.69 Å². The Labute approximate surface area is 127 Å². The third-order valence-corrected chi connectivity index (χ3v) is 4.91. The zero-order valence-electron chi connectivity index (χ0n) is 13.3. The molecule has 2 atom stereocenters. The number of hydrogen-bond acceptors (Lipinski definition) is 4. The van der Waals surface area contributed by atoms with E-state index in [1.54, 1.807) is 0 Å². The Kier molecular flexibility index (Phi) is 4.80. The van der Waals surface area contributed by atoms with E-state index in [4.69, 9.17) is 4.74 Å². The van der Waals surface area contributed by atoms with Crippen LogP contribution in [-0.4, -0.2) is 53.6 Å². The van der Waals surface area contributed by atoms with Crippen LogP contribution in [0.5, 0.6) is 0 Å². The molecule has 0 radical (unpaired) electrons. The molecule has 0 aromatic carbocycles. The zero-order chi connectivity index (χ0) is 14.7. The fourth-order valence-electron chi connectivity index (χ4n) is 3.44. The van der Waals surface area contributed by atoms with Crippen molar-refractivity contribution in [1.29, 1.82) is 0 Å². The summed E-state index contributed by atoms with van der Waals surface area (Å²) in [6, 6.07) is 0.513. The average Bonchev–Trinajstić information content (AvgIpc) is 3.12. The molecule has 1 aromatic rings. The maximum Gasteiger partial charge on any atom is 0.0771 e. The Balaban J connectivity index is 1.49. The van der Waals surface area contributed by atoms with Crippen molar-refractivity contribution in [3.63, 3.8) is 0 Å². The van der Waals surface area contributed by atoms with Crippen LogP contribution in [0.3, 0.4) is 0 Å². The van der Waals surface area contributed by atoms with Crippen LogP contribution in [0.1, 0.15) is 32.6 Å². The van der Waals surface area contributed by atoms with Crippen LogP contribution < -0.4 is 5.32 Å². The lowest BCUT2D eigenvalue weighted by molar-refractivity contribution is 0.0940. The van der Waals surface area contributed by atoms with E-state index in [9.17, 15) is 0 Å². The van der Waals surface area contributed by atoms with Crippen molar-refractivity contribution in [3.8, 4) is 0 Å². The molecule has 5 heteroatoms. The van der Waals surface area contributed by atoms with Crippen molar-refractivity contribution >= 4 is 5.69 Å². The van der Waals surface area contributed by atoms with Crippen LogP contribution >= 0.6 is 0 Å². The Morgan fingerprint density at radius 1 is 1.38 bits per heavy atom. The molecule has 118 valence electrons. The van der Waals surface area contributed by atoms with E-state index in [0.717, 1.165) is 31.2 Å². The van der Waals surface area contributed by atoms with E-state index < -0.39 is 0 Å². The molecule has 2 fully saturated rings. The van der Waals surface area contributed by atoms with Gasteiger partial charge in [-0.25, -0.2) is 0 Å². The third kappa shape index (κ3) is 3.98. The van der Waals surface area contributed by atoms with Gasteiger partial charge in [-0.3, -0.25) is 4.68 Å². The van der Waals surface area contributed by atoms with Crippen molar-refractivity contribution in [2.75, 3.05) is 32.1 Å². The summed E-state index contributed by atoms with van der Waals surface area (Å²) in [5.74, 6) is 0.766. The van der Waals surface area contributed by atoms with Gasteiger partial charge in [-0.2, -0.15) is 5.10 Å². The first kappa shape index (κ1) is 14.9. The molecule has 1 N–H and O–H groups in total. The molecule has 21 heavy (non-hydrogen) atoms. The van der Waals surface area contributed by atoms with Gasteiger partial charge in [-0.15, -0.1) is 0 Å². The first-order valence-electron chi connectivity index (χ1n) is 8.30. The smallest absolute Gasteiger partial charge is 0.0771 e. The van der Waals surface area contributed by atoms with Crippen molar-refractivity contribution in [2.24, 2.45) is 5.92 Å². The molecular formula is C16H28N4O. The van der Waals surface area contributed by atoms with Crippen LogP contribution in [0.2, 0.25) is 0 Å². The van der Waals surface area contributed by atoms with E-state index in [1.165, 1.54) is 32.4 Å². The highest BCUT2D eigenvalue weighted by molar-refractivity contribution is 5.39. The molecule has 2 aliphatic heterocycles. The molecule has 0 amide bonds. The monoisotopic (exact) mass is 292 g/mol. The third-order valence-electron chi connectivity index (χ3n) is 4.91. The predicted octanol–water partition coefficient (Wildman–Crippen LogP) is 2.20. The predicted molar refractivity (Wildman–Crippen MR) is 84.5 cm³/mol. The Hall–Kier alpha value is -1.07. The van der Waals surface area contributed by atoms with Crippen LogP contribution in [0, 0.1) is 5.92 Å². The first-order valence-corrected chi connectivity index (χ1v) is 8.30. The summed E-state index contributed by atoms with van der Waals surface area (Å²) in [4.78, 5) is 2.42. The highest BCUT2D eigenvalue weighted by atomic mass is 16.5. The van der Waals surface area contributed by atoms with Gasteiger partial charge < -0.3 is 15.0 Å². The summed E-state index contributed by atoms with van der Waals surface area (Å²) in [6.45, 7) is 6.52. The van der Waals surface area contributed by atoms with Crippen molar-refractivity contribution in [1.82, 2.24) is 14.7 Å². The molecule has 3 rings (SSSR count). The van der Waals surface area contributed by atoms with Gasteiger partial charge in [-0.05, 0) is 58.7 Å². The van der Waals surface area contributed by atoms with Gasteiger partial charge in [0.1, 0.15) is 0 Å². The normalized spacial score (nSPS) is 26.1. The van der Waals surface area contributed by atoms with E-state index in [2.05, 4.69) is 35.5 Å². The summed E-state index contributed by atoms with van der Waals surface area (Å²) in [7, 11) is 2.21. The van der Waals surface area contributed by atoms with E-state index >= 15 is 0 Å². The number of aromatic nitrogens is 2. The van der Waals surface area contributed by atoms with Crippen molar-refractivity contribution < 1.29 is 4.74 Å². The Morgan fingerprint density at radius 3 is 2.90 bits per heavy atom. The van der Waals surface area contributed by atoms with E-state index in [1.807, 2.05) is 10.9 Å². The molecule has 2 unspecified atom stereocenters. The van der Waals surface area contributed by atoms with Gasteiger partial charge in [-0.1, -0.05) is 0 Å². The Morgan fingerprint density at radius 2 is 2.19 bits per heavy atom. The molecule has 1 aromatic heterocycles. The molecule has 2 saturated heterocycles. The summed E-state index contributed by atoms with van der Waals surface area (Å²) in [6.07, 6.45) is 9.33. The number of nitrogens with one attached hydrogen (secondary N) is 1. The lowest BCUT2D eigenvalue weighted by atomic mass is 9.90. The van der Waals surface area contributed by atoms with Gasteiger partial charge in [0, 0.05) is 18.8 Å². The average molecular weight is 292 g/mol. The molecule has 0 saturated carbocycles. The van der Waals surface area contributed by atoms with Gasteiger partial charge in [0.15, 0.2) is 0 Å². The minimum absolute atomic E-state index is 0.351. The number of ether oxygens (including phenoxy) is 1. The van der Waals surface area contributed by atoms with Gasteiger partial charge >= 0.3 is 0 Å². The van der Waals surface area contributed by atoms with Crippen LogP contribution in [0.25, 0.3) is 0 Å². The molecule has 2 aliphatic rings. The number of anilines is 1. The second-order valence-electron chi connectivity index (χ2n) is 6.66. The lowest BCUT2D eigenvalue weighted by Gasteiger charge is -2.33. The lowest BCUT2D eigenvalue weighted by Crippen LogP contribution is -2.37. The molecular weight excluding hydrogens is 264 g/mol. The molecule has 5 nitrogen and oxygen atoms in total. The zero-order valence-corrected chi connectivity index (χ0v) is 13.3. The number of rotatable bonds is 5. The standard InChI is InChI=1S/C16H28N4O/c1-13(14-5-7-19(2)8-6-14)18-15-10-17-20(11-15)12-16-4-3-9-21-16/h10-11,13-14,16,18H,3-9,12H2,1-2H3. The highest BCUT2D eigenvalue weighted by Gasteiger charge is 2.22. The van der Waals surface area contributed by atoms with Crippen LogP contribution in [-0.2, 0) is 11.3 Å². The van der Waals surface area contributed by atoms with Crippen LogP contribution in [0.15, 0.2) is 12.4 Å². The second-order valence-corrected chi connectivity index (χ2v) is 6.66. The van der Waals surface area contributed by atoms with Crippen molar-refractivity contribution in [2.45, 2.75) is 51.3 Å². The molecule has 0 aliphatic carbocycles. The topological polar surface area (TPSA) is 42.3 Å². The molecule has 0 spiro atoms. The maximum absolute atomic E-state index is 5.67. The molecule has 3 heterocycles. The summed E-state index contributed by atoms with van der Waals surface area (Å²) < 4.78 is 7.68. The Bertz CT molecular complexity index is 433. The summed E-state index contributed by atoms with van der Waals surface area (Å²) >= 11 is 0. The largest absolute Gasteiger partial charge is 0.380 e. The summed E-state index contributed by atoms with van der Waals surface area (Å²) in [5.41, 5.74) is 1.14.